The molecule has 1 saturated heterocycles. The van der Waals surface area contributed by atoms with Crippen LogP contribution in [0.15, 0.2) is 29.1 Å². The Labute approximate surface area is 137 Å². The molecule has 8 heteroatoms. The fourth-order valence-electron chi connectivity index (χ4n) is 2.89. The van der Waals surface area contributed by atoms with Gasteiger partial charge in [0.05, 0.1) is 12.6 Å². The number of ether oxygens (including phenoxy) is 1. The number of hydrogen-bond donors (Lipinski definition) is 0. The number of aromatic nitrogens is 4. The highest BCUT2D eigenvalue weighted by molar-refractivity contribution is 6.28. The Morgan fingerprint density at radius 3 is 3.04 bits per heavy atom. The van der Waals surface area contributed by atoms with E-state index in [0.717, 1.165) is 19.4 Å². The zero-order chi connectivity index (χ0) is 15.8. The molecule has 1 fully saturated rings. The van der Waals surface area contributed by atoms with Crippen molar-refractivity contribution in [3.05, 3.63) is 30.0 Å². The summed E-state index contributed by atoms with van der Waals surface area (Å²) in [6.07, 6.45) is 5.30. The molecule has 4 heterocycles. The van der Waals surface area contributed by atoms with E-state index in [1.54, 1.807) is 12.6 Å². The van der Waals surface area contributed by atoms with Crippen LogP contribution in [-0.2, 0) is 4.74 Å². The smallest absolute Gasteiger partial charge is 0.226 e. The molecular weight excluding hydrogens is 318 g/mol. The van der Waals surface area contributed by atoms with Crippen molar-refractivity contribution in [3.63, 3.8) is 0 Å². The van der Waals surface area contributed by atoms with E-state index >= 15 is 0 Å². The first kappa shape index (κ1) is 14.5. The third kappa shape index (κ3) is 2.46. The van der Waals surface area contributed by atoms with E-state index in [2.05, 4.69) is 15.0 Å². The first-order chi connectivity index (χ1) is 11.3. The highest BCUT2D eigenvalue weighted by Gasteiger charge is 2.24. The zero-order valence-electron chi connectivity index (χ0n) is 12.6. The van der Waals surface area contributed by atoms with E-state index in [4.69, 9.17) is 20.8 Å². The number of imidazole rings is 1. The monoisotopic (exact) mass is 333 g/mol. The summed E-state index contributed by atoms with van der Waals surface area (Å²) >= 11 is 6.16. The van der Waals surface area contributed by atoms with Crippen LogP contribution in [0.1, 0.15) is 26.0 Å². The van der Waals surface area contributed by atoms with Gasteiger partial charge in [0.1, 0.15) is 6.23 Å². The van der Waals surface area contributed by atoms with Crippen LogP contribution in [0.25, 0.3) is 11.2 Å². The molecule has 7 nitrogen and oxygen atoms in total. The van der Waals surface area contributed by atoms with Crippen LogP contribution < -0.4 is 4.90 Å². The van der Waals surface area contributed by atoms with E-state index < -0.39 is 0 Å². The number of nitrogens with zero attached hydrogens (tertiary/aromatic N) is 5. The molecule has 0 aromatic carbocycles. The Balaban J connectivity index is 1.86. The molecule has 1 aliphatic heterocycles. The van der Waals surface area contributed by atoms with Crippen molar-refractivity contribution in [1.82, 2.24) is 19.5 Å². The summed E-state index contributed by atoms with van der Waals surface area (Å²) in [4.78, 5) is 15.1. The second-order valence-corrected chi connectivity index (χ2v) is 5.64. The van der Waals surface area contributed by atoms with E-state index in [1.807, 2.05) is 28.5 Å². The van der Waals surface area contributed by atoms with Gasteiger partial charge in [-0.25, -0.2) is 4.98 Å². The average Bonchev–Trinajstić information content (AvgIpc) is 3.28. The summed E-state index contributed by atoms with van der Waals surface area (Å²) in [5.41, 5.74) is 1.36. The normalized spacial score (nSPS) is 17.9. The molecular formula is C15H16ClN5O2. The van der Waals surface area contributed by atoms with Crippen molar-refractivity contribution in [2.24, 2.45) is 0 Å². The van der Waals surface area contributed by atoms with Crippen LogP contribution >= 0.6 is 11.6 Å². The maximum Gasteiger partial charge on any atom is 0.226 e. The summed E-state index contributed by atoms with van der Waals surface area (Å²) in [5, 5.41) is 0.178. The molecule has 1 unspecified atom stereocenters. The number of anilines is 2. The molecule has 4 rings (SSSR count). The van der Waals surface area contributed by atoms with Gasteiger partial charge in [0.2, 0.25) is 11.2 Å². The van der Waals surface area contributed by atoms with Crippen molar-refractivity contribution in [2.75, 3.05) is 18.1 Å². The molecule has 1 atom stereocenters. The molecule has 3 aromatic rings. The van der Waals surface area contributed by atoms with Gasteiger partial charge in [0.25, 0.3) is 0 Å². The summed E-state index contributed by atoms with van der Waals surface area (Å²) in [7, 11) is 0. The van der Waals surface area contributed by atoms with Crippen LogP contribution in [0, 0.1) is 0 Å². The second-order valence-electron chi connectivity index (χ2n) is 5.30. The minimum atomic E-state index is -0.0440. The molecule has 0 aliphatic carbocycles. The van der Waals surface area contributed by atoms with Gasteiger partial charge < -0.3 is 9.15 Å². The van der Waals surface area contributed by atoms with E-state index in [9.17, 15) is 0 Å². The molecule has 0 N–H and O–H groups in total. The van der Waals surface area contributed by atoms with Crippen LogP contribution in [0.2, 0.25) is 5.28 Å². The summed E-state index contributed by atoms with van der Waals surface area (Å²) in [6.45, 7) is 3.44. The van der Waals surface area contributed by atoms with Crippen molar-refractivity contribution >= 4 is 34.5 Å². The maximum absolute atomic E-state index is 6.16. The molecule has 1 aliphatic rings. The van der Waals surface area contributed by atoms with E-state index in [0.29, 0.717) is 29.4 Å². The largest absolute Gasteiger partial charge is 0.448 e. The molecule has 23 heavy (non-hydrogen) atoms. The lowest BCUT2D eigenvalue weighted by atomic mass is 10.3. The highest BCUT2D eigenvalue weighted by Crippen LogP contribution is 2.33. The minimum Gasteiger partial charge on any atom is -0.448 e. The third-order valence-electron chi connectivity index (χ3n) is 3.94. The van der Waals surface area contributed by atoms with E-state index in [1.165, 1.54) is 0 Å². The topological polar surface area (TPSA) is 69.2 Å². The molecule has 0 bridgehead atoms. The molecule has 0 saturated carbocycles. The lowest BCUT2D eigenvalue weighted by molar-refractivity contribution is 0.0593. The van der Waals surface area contributed by atoms with Crippen LogP contribution in [0.5, 0.6) is 0 Å². The Kier molecular flexibility index (Phi) is 3.66. The zero-order valence-corrected chi connectivity index (χ0v) is 13.4. The molecule has 0 radical (unpaired) electrons. The number of halogens is 1. The van der Waals surface area contributed by atoms with Gasteiger partial charge in [0.15, 0.2) is 17.0 Å². The molecule has 0 amide bonds. The summed E-state index contributed by atoms with van der Waals surface area (Å²) < 4.78 is 13.2. The molecule has 120 valence electrons. The summed E-state index contributed by atoms with van der Waals surface area (Å²) in [6, 6.07) is 3.71. The van der Waals surface area contributed by atoms with Gasteiger partial charge in [-0.1, -0.05) is 0 Å². The standard InChI is InChI=1S/C15H16ClN5O2/c1-2-20(10-5-3-7-22-10)13-12-14(19-15(16)18-13)21(9-17-12)11-6-4-8-23-11/h3,5,7,9,11H,2,4,6,8H2,1H3. The van der Waals surface area contributed by atoms with Crippen molar-refractivity contribution < 1.29 is 9.15 Å². The Bertz CT molecular complexity index is 811. The second kappa shape index (κ2) is 5.82. The Hall–Kier alpha value is -2.12. The Morgan fingerprint density at radius 2 is 2.35 bits per heavy atom. The van der Waals surface area contributed by atoms with Gasteiger partial charge in [-0.15, -0.1) is 0 Å². The van der Waals surface area contributed by atoms with Crippen molar-refractivity contribution in [1.29, 1.82) is 0 Å². The lowest BCUT2D eigenvalue weighted by Crippen LogP contribution is -2.18. The van der Waals surface area contributed by atoms with Crippen LogP contribution in [0.3, 0.4) is 0 Å². The van der Waals surface area contributed by atoms with Gasteiger partial charge >= 0.3 is 0 Å². The van der Waals surface area contributed by atoms with Crippen molar-refractivity contribution in [3.8, 4) is 0 Å². The van der Waals surface area contributed by atoms with Crippen LogP contribution in [-0.4, -0.2) is 32.7 Å². The molecule has 0 spiro atoms. The van der Waals surface area contributed by atoms with Gasteiger partial charge in [-0.3, -0.25) is 9.47 Å². The molecule has 3 aromatic heterocycles. The van der Waals surface area contributed by atoms with Crippen LogP contribution in [0.4, 0.5) is 11.7 Å². The fourth-order valence-corrected chi connectivity index (χ4v) is 3.05. The van der Waals surface area contributed by atoms with Gasteiger partial charge in [0, 0.05) is 19.2 Å². The quantitative estimate of drug-likeness (QED) is 0.680. The average molecular weight is 334 g/mol. The maximum atomic E-state index is 6.16. The summed E-state index contributed by atoms with van der Waals surface area (Å²) in [5.74, 6) is 1.32. The lowest BCUT2D eigenvalue weighted by Gasteiger charge is -2.19. The predicted molar refractivity (Wildman–Crippen MR) is 85.9 cm³/mol. The predicted octanol–water partition coefficient (Wildman–Crippen LogP) is 3.54. The first-order valence-corrected chi connectivity index (χ1v) is 7.98. The SMILES string of the molecule is CCN(c1ccco1)c1nc(Cl)nc2c1ncn2C1CCCO1. The van der Waals surface area contributed by atoms with Crippen molar-refractivity contribution in [2.45, 2.75) is 26.0 Å². The first-order valence-electron chi connectivity index (χ1n) is 7.60. The number of rotatable bonds is 4. The number of fused-ring (bicyclic) bond motifs is 1. The number of hydrogen-bond acceptors (Lipinski definition) is 6. The highest BCUT2D eigenvalue weighted by atomic mass is 35.5. The third-order valence-corrected chi connectivity index (χ3v) is 4.10. The fraction of sp³-hybridized carbons (Fsp3) is 0.400. The van der Waals surface area contributed by atoms with Gasteiger partial charge in [-0.05, 0) is 37.4 Å². The number of furan rings is 1. The van der Waals surface area contributed by atoms with Gasteiger partial charge in [-0.2, -0.15) is 9.97 Å². The minimum absolute atomic E-state index is 0.0440. The van der Waals surface area contributed by atoms with E-state index in [-0.39, 0.29) is 11.5 Å². The Morgan fingerprint density at radius 1 is 1.43 bits per heavy atom.